The van der Waals surface area contributed by atoms with Gasteiger partial charge in [0.15, 0.2) is 0 Å². The molecular weight excluding hydrogens is 480 g/mol. The second-order valence-electron chi connectivity index (χ2n) is 11.4. The molecule has 0 aromatic heterocycles. The molecule has 0 bridgehead atoms. The van der Waals surface area contributed by atoms with Gasteiger partial charge in [-0.2, -0.15) is 0 Å². The van der Waals surface area contributed by atoms with Gasteiger partial charge in [0.1, 0.15) is 6.10 Å². The fourth-order valence-corrected chi connectivity index (χ4v) is 5.04. The number of aliphatic hydroxyl groups excluding tert-OH is 4. The first-order valence-electron chi connectivity index (χ1n) is 14.1. The van der Waals surface area contributed by atoms with E-state index in [1.54, 1.807) is 30.4 Å². The summed E-state index contributed by atoms with van der Waals surface area (Å²) in [6.45, 7) is 15.5. The summed E-state index contributed by atoms with van der Waals surface area (Å²) in [6, 6.07) is 0. The van der Waals surface area contributed by atoms with Gasteiger partial charge in [-0.1, -0.05) is 96.7 Å². The van der Waals surface area contributed by atoms with Gasteiger partial charge in [-0.3, -0.25) is 0 Å². The highest BCUT2D eigenvalue weighted by Crippen LogP contribution is 2.28. The lowest BCUT2D eigenvalue weighted by atomic mass is 9.82. The van der Waals surface area contributed by atoms with Crippen molar-refractivity contribution in [2.45, 2.75) is 97.7 Å². The van der Waals surface area contributed by atoms with Gasteiger partial charge in [0, 0.05) is 36.2 Å². The van der Waals surface area contributed by atoms with Crippen molar-refractivity contribution in [2.24, 2.45) is 35.5 Å². The first-order valence-corrected chi connectivity index (χ1v) is 14.1. The maximum absolute atomic E-state index is 12.6. The fraction of sp³-hybridized carbons (Fsp3) is 0.656. The maximum atomic E-state index is 12.6. The number of aliphatic hydroxyl groups is 4. The molecule has 0 fully saturated rings. The molecule has 0 radical (unpaired) electrons. The third-order valence-corrected chi connectivity index (χ3v) is 7.78. The van der Waals surface area contributed by atoms with Crippen LogP contribution >= 0.6 is 0 Å². The highest BCUT2D eigenvalue weighted by molar-refractivity contribution is 5.82. The Morgan fingerprint density at radius 3 is 2.26 bits per heavy atom. The number of hydrogen-bond acceptors (Lipinski definition) is 6. The Balaban J connectivity index is 3.17. The Kier molecular flexibility index (Phi) is 15.7. The second kappa shape index (κ2) is 17.6. The number of allylic oxidation sites excluding steroid dienone is 4. The van der Waals surface area contributed by atoms with Crippen LogP contribution in [-0.4, -0.2) is 56.9 Å². The quantitative estimate of drug-likeness (QED) is 0.228. The van der Waals surface area contributed by atoms with Crippen LogP contribution in [0.3, 0.4) is 0 Å². The van der Waals surface area contributed by atoms with E-state index in [2.05, 4.69) is 13.5 Å². The summed E-state index contributed by atoms with van der Waals surface area (Å²) < 4.78 is 5.81. The van der Waals surface area contributed by atoms with Crippen molar-refractivity contribution in [3.63, 3.8) is 0 Å². The highest BCUT2D eigenvalue weighted by Gasteiger charge is 2.31. The molecule has 6 heteroatoms. The Morgan fingerprint density at radius 2 is 1.61 bits per heavy atom. The lowest BCUT2D eigenvalue weighted by molar-refractivity contribution is -0.150. The Labute approximate surface area is 230 Å². The van der Waals surface area contributed by atoms with Crippen LogP contribution < -0.4 is 0 Å². The minimum Gasteiger partial charge on any atom is -0.458 e. The van der Waals surface area contributed by atoms with Gasteiger partial charge in [-0.05, 0) is 31.1 Å². The van der Waals surface area contributed by atoms with E-state index in [0.717, 1.165) is 12.8 Å². The molecule has 4 N–H and O–H groups in total. The van der Waals surface area contributed by atoms with E-state index in [0.29, 0.717) is 6.42 Å². The zero-order valence-corrected chi connectivity index (χ0v) is 24.2. The molecule has 0 aromatic carbocycles. The number of carbonyl (C=O) groups is 1. The molecule has 1 unspecified atom stereocenters. The molecule has 1 heterocycles. The molecule has 1 rings (SSSR count). The Hall–Kier alpha value is -1.99. The molecule has 0 saturated carbocycles. The number of hydrogen-bond donors (Lipinski definition) is 4. The van der Waals surface area contributed by atoms with E-state index in [4.69, 9.17) is 4.74 Å². The Morgan fingerprint density at radius 1 is 0.921 bits per heavy atom. The lowest BCUT2D eigenvalue weighted by Crippen LogP contribution is -2.37. The molecule has 6 nitrogen and oxygen atoms in total. The van der Waals surface area contributed by atoms with Gasteiger partial charge in [0.05, 0.1) is 24.4 Å². The highest BCUT2D eigenvalue weighted by atomic mass is 16.5. The van der Waals surface area contributed by atoms with Crippen LogP contribution in [-0.2, 0) is 9.53 Å². The van der Waals surface area contributed by atoms with Crippen LogP contribution in [0.25, 0.3) is 0 Å². The summed E-state index contributed by atoms with van der Waals surface area (Å²) >= 11 is 0. The largest absolute Gasteiger partial charge is 0.458 e. The minimum absolute atomic E-state index is 0.0366. The smallest absolute Gasteiger partial charge is 0.331 e. The normalized spacial score (nSPS) is 40.7. The second-order valence-corrected chi connectivity index (χ2v) is 11.4. The summed E-state index contributed by atoms with van der Waals surface area (Å²) in [6.07, 6.45) is 14.2. The maximum Gasteiger partial charge on any atom is 0.331 e. The fourth-order valence-electron chi connectivity index (χ4n) is 5.04. The number of rotatable bonds is 3. The first-order chi connectivity index (χ1) is 17.9. The first kappa shape index (κ1) is 34.0. The van der Waals surface area contributed by atoms with E-state index < -0.39 is 36.5 Å². The SMILES string of the molecule is C=CC=C[C@H](C)[C@@H]1OC(=O)/C=C\C=C/[C@H](C)[C@@H](O)C[C@H](O)/C=C\[C@H](C)[C@H](O)[C@@H](C)C[C@H](C)CCC(O)[C@@H]1C. The number of carbonyl (C=O) groups excluding carboxylic acids is 1. The van der Waals surface area contributed by atoms with E-state index in [9.17, 15) is 25.2 Å². The monoisotopic (exact) mass is 532 g/mol. The molecule has 11 atom stereocenters. The van der Waals surface area contributed by atoms with E-state index >= 15 is 0 Å². The van der Waals surface area contributed by atoms with Crippen LogP contribution in [0.4, 0.5) is 0 Å². The molecule has 0 aromatic rings. The standard InChI is InChI=1S/C32H52O6/c1-8-9-12-24(5)32-26(7)28(34)18-15-21(2)19-25(6)31(37)23(4)16-17-27(33)20-29(35)22(3)13-10-11-14-30(36)38-32/h8-14,16-17,21-29,31-35,37H,1,15,18-20H2,2-7H3/b12-9?,13-10-,14-11-,17-16-/t21-,22+,23+,24+,25+,26+,27-,28?,29+,31+,32+/m1/s1. The predicted molar refractivity (Wildman–Crippen MR) is 154 cm³/mol. The molecule has 38 heavy (non-hydrogen) atoms. The van der Waals surface area contributed by atoms with Crippen molar-refractivity contribution < 1.29 is 30.0 Å². The molecule has 0 amide bonds. The van der Waals surface area contributed by atoms with E-state index in [1.165, 1.54) is 6.08 Å². The molecular formula is C32H52O6. The summed E-state index contributed by atoms with van der Waals surface area (Å²) in [5.74, 6) is -0.976. The number of ether oxygens (including phenoxy) is 1. The van der Waals surface area contributed by atoms with Gasteiger partial charge < -0.3 is 25.2 Å². The van der Waals surface area contributed by atoms with E-state index in [1.807, 2.05) is 52.8 Å². The zero-order chi connectivity index (χ0) is 28.8. The van der Waals surface area contributed by atoms with Gasteiger partial charge in [-0.15, -0.1) is 0 Å². The molecule has 0 spiro atoms. The summed E-state index contributed by atoms with van der Waals surface area (Å²) in [5, 5.41) is 42.7. The third-order valence-electron chi connectivity index (χ3n) is 7.78. The van der Waals surface area contributed by atoms with Crippen LogP contribution in [0.15, 0.2) is 61.3 Å². The molecule has 216 valence electrons. The van der Waals surface area contributed by atoms with Crippen LogP contribution in [0.1, 0.15) is 67.2 Å². The van der Waals surface area contributed by atoms with Crippen molar-refractivity contribution in [3.8, 4) is 0 Å². The van der Waals surface area contributed by atoms with Crippen LogP contribution in [0.5, 0.6) is 0 Å². The van der Waals surface area contributed by atoms with Gasteiger partial charge in [-0.25, -0.2) is 4.79 Å². The van der Waals surface area contributed by atoms with Gasteiger partial charge >= 0.3 is 5.97 Å². The Bertz CT molecular complexity index is 815. The summed E-state index contributed by atoms with van der Waals surface area (Å²) in [7, 11) is 0. The topological polar surface area (TPSA) is 107 Å². The van der Waals surface area contributed by atoms with Crippen molar-refractivity contribution >= 4 is 5.97 Å². The number of esters is 1. The summed E-state index contributed by atoms with van der Waals surface area (Å²) in [5.41, 5.74) is 0. The predicted octanol–water partition coefficient (Wildman–Crippen LogP) is 5.14. The average molecular weight is 533 g/mol. The average Bonchev–Trinajstić information content (AvgIpc) is 2.88. The lowest BCUT2D eigenvalue weighted by Gasteiger charge is -2.31. The van der Waals surface area contributed by atoms with E-state index in [-0.39, 0.29) is 41.9 Å². The van der Waals surface area contributed by atoms with Crippen LogP contribution in [0.2, 0.25) is 0 Å². The van der Waals surface area contributed by atoms with Gasteiger partial charge in [0.25, 0.3) is 0 Å². The molecule has 1 aliphatic rings. The number of cyclic esters (lactones) is 1. The van der Waals surface area contributed by atoms with Crippen molar-refractivity contribution in [1.82, 2.24) is 0 Å². The van der Waals surface area contributed by atoms with Crippen molar-refractivity contribution in [3.05, 3.63) is 61.3 Å². The third kappa shape index (κ3) is 12.2. The molecule has 1 aliphatic heterocycles. The van der Waals surface area contributed by atoms with Crippen molar-refractivity contribution in [1.29, 1.82) is 0 Å². The molecule has 0 aliphatic carbocycles. The van der Waals surface area contributed by atoms with Crippen LogP contribution in [0, 0.1) is 35.5 Å². The van der Waals surface area contributed by atoms with Crippen molar-refractivity contribution in [2.75, 3.05) is 0 Å². The minimum atomic E-state index is -0.828. The molecule has 0 saturated heterocycles. The van der Waals surface area contributed by atoms with Gasteiger partial charge in [0.2, 0.25) is 0 Å². The summed E-state index contributed by atoms with van der Waals surface area (Å²) in [4.78, 5) is 12.6. The zero-order valence-electron chi connectivity index (χ0n) is 24.2.